The number of hydrogen-bond donors (Lipinski definition) is 0. The summed E-state index contributed by atoms with van der Waals surface area (Å²) in [5.41, 5.74) is 1.92. The van der Waals surface area contributed by atoms with Gasteiger partial charge >= 0.3 is 0 Å². The molecule has 0 N–H and O–H groups in total. The Morgan fingerprint density at radius 1 is 1.41 bits per heavy atom. The molecule has 0 bridgehead atoms. The Labute approximate surface area is 116 Å². The van der Waals surface area contributed by atoms with Gasteiger partial charge in [0.2, 0.25) is 0 Å². The molecule has 0 saturated carbocycles. The van der Waals surface area contributed by atoms with Crippen molar-refractivity contribution >= 4 is 31.9 Å². The van der Waals surface area contributed by atoms with Gasteiger partial charge in [-0.05, 0) is 56.5 Å². The van der Waals surface area contributed by atoms with Crippen LogP contribution in [0.25, 0.3) is 0 Å². The number of rotatable bonds is 2. The van der Waals surface area contributed by atoms with Gasteiger partial charge in [-0.25, -0.2) is 0 Å². The number of aromatic nitrogens is 2. The van der Waals surface area contributed by atoms with Gasteiger partial charge in [0.05, 0.1) is 16.7 Å². The molecule has 88 valence electrons. The molecule has 3 nitrogen and oxygen atoms in total. The third-order valence-corrected chi connectivity index (χ3v) is 3.45. The molecule has 5 heteroatoms. The highest BCUT2D eigenvalue weighted by Gasteiger charge is 2.06. The molecule has 0 atom stereocenters. The van der Waals surface area contributed by atoms with Crippen LogP contribution in [0.5, 0.6) is 0 Å². The minimum Gasteiger partial charge on any atom is -0.307 e. The molecule has 0 unspecified atom stereocenters. The van der Waals surface area contributed by atoms with Gasteiger partial charge in [-0.1, -0.05) is 6.07 Å². The summed E-state index contributed by atoms with van der Waals surface area (Å²) in [6, 6.07) is 5.61. The fraction of sp³-hybridized carbons (Fsp3) is 0.167. The van der Waals surface area contributed by atoms with Crippen LogP contribution in [-0.2, 0) is 6.54 Å². The molecule has 2 rings (SSSR count). The van der Waals surface area contributed by atoms with Gasteiger partial charge in [0, 0.05) is 16.9 Å². The molecule has 0 spiro atoms. The fourth-order valence-electron chi connectivity index (χ4n) is 1.53. The summed E-state index contributed by atoms with van der Waals surface area (Å²) in [5.74, 6) is 0. The normalized spacial score (nSPS) is 10.5. The molecular formula is C12H10Br2N2O. The number of hydrogen-bond acceptors (Lipinski definition) is 2. The predicted octanol–water partition coefficient (Wildman–Crippen LogP) is 3.13. The third kappa shape index (κ3) is 2.84. The van der Waals surface area contributed by atoms with Crippen LogP contribution in [0.3, 0.4) is 0 Å². The number of aryl methyl sites for hydroxylation is 1. The van der Waals surface area contributed by atoms with Crippen molar-refractivity contribution in [3.8, 4) is 0 Å². The molecule has 0 radical (unpaired) electrons. The van der Waals surface area contributed by atoms with E-state index in [9.17, 15) is 4.79 Å². The van der Waals surface area contributed by atoms with E-state index in [0.29, 0.717) is 11.0 Å². The first-order valence-electron chi connectivity index (χ1n) is 5.04. The summed E-state index contributed by atoms with van der Waals surface area (Å²) in [6.07, 6.45) is 3.50. The average molecular weight is 358 g/mol. The topological polar surface area (TPSA) is 34.9 Å². The lowest BCUT2D eigenvalue weighted by atomic mass is 10.2. The zero-order valence-electron chi connectivity index (χ0n) is 9.15. The lowest BCUT2D eigenvalue weighted by Crippen LogP contribution is -2.21. The highest BCUT2D eigenvalue weighted by molar-refractivity contribution is 9.11. The molecule has 0 saturated heterocycles. The minimum absolute atomic E-state index is 0.0572. The maximum Gasteiger partial charge on any atom is 0.265 e. The quantitative estimate of drug-likeness (QED) is 0.827. The summed E-state index contributed by atoms with van der Waals surface area (Å²) in [4.78, 5) is 16.2. The van der Waals surface area contributed by atoms with Crippen LogP contribution < -0.4 is 5.56 Å². The molecular weight excluding hydrogens is 348 g/mol. The molecule has 0 aliphatic heterocycles. The van der Waals surface area contributed by atoms with Gasteiger partial charge < -0.3 is 4.57 Å². The molecule has 0 fully saturated rings. The molecule has 2 aromatic rings. The van der Waals surface area contributed by atoms with E-state index in [1.54, 1.807) is 23.0 Å². The average Bonchev–Trinajstić information content (AvgIpc) is 2.28. The monoisotopic (exact) mass is 356 g/mol. The fourth-order valence-corrected chi connectivity index (χ4v) is 2.79. The summed E-state index contributed by atoms with van der Waals surface area (Å²) < 4.78 is 3.03. The second kappa shape index (κ2) is 5.14. The Morgan fingerprint density at radius 2 is 2.18 bits per heavy atom. The van der Waals surface area contributed by atoms with Gasteiger partial charge in [0.25, 0.3) is 5.56 Å². The summed E-state index contributed by atoms with van der Waals surface area (Å²) in [6.45, 7) is 2.46. The first-order chi connectivity index (χ1) is 8.08. The lowest BCUT2D eigenvalue weighted by molar-refractivity contribution is 0.727. The van der Waals surface area contributed by atoms with Crippen LogP contribution in [0.1, 0.15) is 11.3 Å². The second-order valence-electron chi connectivity index (χ2n) is 3.71. The van der Waals surface area contributed by atoms with E-state index in [1.165, 1.54) is 0 Å². The summed E-state index contributed by atoms with van der Waals surface area (Å²) in [7, 11) is 0. The molecule has 0 aliphatic rings. The van der Waals surface area contributed by atoms with E-state index in [2.05, 4.69) is 36.8 Å². The second-order valence-corrected chi connectivity index (χ2v) is 5.48. The third-order valence-electron chi connectivity index (χ3n) is 2.45. The zero-order chi connectivity index (χ0) is 12.4. The smallest absolute Gasteiger partial charge is 0.265 e. The van der Waals surface area contributed by atoms with Crippen molar-refractivity contribution in [2.24, 2.45) is 0 Å². The molecule has 0 aliphatic carbocycles. The maximum atomic E-state index is 11.9. The van der Waals surface area contributed by atoms with E-state index < -0.39 is 0 Å². The zero-order valence-corrected chi connectivity index (χ0v) is 12.3. The maximum absolute atomic E-state index is 11.9. The highest BCUT2D eigenvalue weighted by Crippen LogP contribution is 2.14. The molecule has 2 heterocycles. The van der Waals surface area contributed by atoms with Crippen LogP contribution in [0, 0.1) is 6.92 Å². The Bertz CT molecular complexity index is 608. The van der Waals surface area contributed by atoms with Crippen LogP contribution in [-0.4, -0.2) is 9.55 Å². The van der Waals surface area contributed by atoms with Crippen molar-refractivity contribution in [1.29, 1.82) is 0 Å². The lowest BCUT2D eigenvalue weighted by Gasteiger charge is -2.08. The van der Waals surface area contributed by atoms with Gasteiger partial charge in [-0.3, -0.25) is 9.78 Å². The van der Waals surface area contributed by atoms with Gasteiger partial charge in [-0.2, -0.15) is 0 Å². The van der Waals surface area contributed by atoms with E-state index >= 15 is 0 Å². The van der Waals surface area contributed by atoms with Crippen molar-refractivity contribution in [3.05, 3.63) is 61.1 Å². The SMILES string of the molecule is Cc1cccnc1Cn1cc(Br)cc(Br)c1=O. The standard InChI is InChI=1S/C12H10Br2N2O/c1-8-3-2-4-15-11(8)7-16-6-9(13)5-10(14)12(16)17/h2-6H,7H2,1H3. The highest BCUT2D eigenvalue weighted by atomic mass is 79.9. The Hall–Kier alpha value is -0.940. The summed E-state index contributed by atoms with van der Waals surface area (Å²) in [5, 5.41) is 0. The molecule has 17 heavy (non-hydrogen) atoms. The van der Waals surface area contributed by atoms with E-state index in [1.807, 2.05) is 19.1 Å². The minimum atomic E-state index is -0.0572. The Kier molecular flexibility index (Phi) is 3.79. The molecule has 2 aromatic heterocycles. The van der Waals surface area contributed by atoms with Crippen LogP contribution in [0.15, 0.2) is 44.3 Å². The first kappa shape index (κ1) is 12.5. The van der Waals surface area contributed by atoms with Crippen molar-refractivity contribution in [2.75, 3.05) is 0 Å². The van der Waals surface area contributed by atoms with E-state index in [4.69, 9.17) is 0 Å². The van der Waals surface area contributed by atoms with Crippen molar-refractivity contribution in [2.45, 2.75) is 13.5 Å². The predicted molar refractivity (Wildman–Crippen MR) is 74.2 cm³/mol. The largest absolute Gasteiger partial charge is 0.307 e. The van der Waals surface area contributed by atoms with Crippen molar-refractivity contribution < 1.29 is 0 Å². The van der Waals surface area contributed by atoms with Crippen molar-refractivity contribution in [3.63, 3.8) is 0 Å². The van der Waals surface area contributed by atoms with Crippen LogP contribution in [0.4, 0.5) is 0 Å². The van der Waals surface area contributed by atoms with E-state index in [-0.39, 0.29) is 5.56 Å². The molecule has 0 aromatic carbocycles. The number of halogens is 2. The van der Waals surface area contributed by atoms with Gasteiger partial charge in [0.15, 0.2) is 0 Å². The van der Waals surface area contributed by atoms with Gasteiger partial charge in [0.1, 0.15) is 0 Å². The number of pyridine rings is 2. The Balaban J connectivity index is 2.44. The number of nitrogens with zero attached hydrogens (tertiary/aromatic N) is 2. The van der Waals surface area contributed by atoms with Crippen LogP contribution >= 0.6 is 31.9 Å². The van der Waals surface area contributed by atoms with Crippen molar-refractivity contribution in [1.82, 2.24) is 9.55 Å². The molecule has 0 amide bonds. The van der Waals surface area contributed by atoms with Crippen LogP contribution in [0.2, 0.25) is 0 Å². The summed E-state index contributed by atoms with van der Waals surface area (Å²) >= 11 is 6.61. The Morgan fingerprint density at radius 3 is 2.88 bits per heavy atom. The first-order valence-corrected chi connectivity index (χ1v) is 6.62. The van der Waals surface area contributed by atoms with E-state index in [0.717, 1.165) is 15.7 Å². The van der Waals surface area contributed by atoms with Gasteiger partial charge in [-0.15, -0.1) is 0 Å².